The molecule has 0 aromatic rings. The van der Waals surface area contributed by atoms with Gasteiger partial charge in [-0.25, -0.2) is 8.96 Å². The molecule has 12 heteroatoms. The maximum absolute atomic E-state index is 13.7. The zero-order valence-corrected chi connectivity index (χ0v) is 14.9. The molecule has 4 nitrogen and oxygen atoms in total. The highest BCUT2D eigenvalue weighted by Crippen LogP contribution is 2.67. The van der Waals surface area contributed by atoms with Crippen molar-refractivity contribution >= 4 is 53.0 Å². The van der Waals surface area contributed by atoms with Crippen LogP contribution >= 0.6 is 53.0 Å². The highest BCUT2D eigenvalue weighted by atomic mass is 35.5. The third-order valence-corrected chi connectivity index (χ3v) is 6.76. The molecule has 124 valence electrons. The van der Waals surface area contributed by atoms with Crippen molar-refractivity contribution in [1.82, 2.24) is 0 Å². The van der Waals surface area contributed by atoms with E-state index in [-0.39, 0.29) is 12.4 Å². The molecular formula is C9H12Cl3F3NO3PS. The smallest absolute Gasteiger partial charge is 0.301 e. The van der Waals surface area contributed by atoms with Crippen molar-refractivity contribution < 1.29 is 26.8 Å². The molecule has 0 amide bonds. The lowest BCUT2D eigenvalue weighted by molar-refractivity contribution is -0.107. The predicted octanol–water partition coefficient (Wildman–Crippen LogP) is 5.49. The first kappa shape index (κ1) is 21.6. The van der Waals surface area contributed by atoms with E-state index in [9.17, 15) is 17.7 Å². The van der Waals surface area contributed by atoms with Gasteiger partial charge in [-0.15, -0.1) is 0 Å². The monoisotopic (exact) mass is 407 g/mol. The van der Waals surface area contributed by atoms with Crippen molar-refractivity contribution in [2.75, 3.05) is 12.4 Å². The minimum Gasteiger partial charge on any atom is -0.301 e. The van der Waals surface area contributed by atoms with E-state index in [1.807, 2.05) is 0 Å². The minimum atomic E-state index is -4.67. The Balaban J connectivity index is 5.78. The van der Waals surface area contributed by atoms with Crippen LogP contribution in [0.5, 0.6) is 0 Å². The molecule has 0 N–H and O–H groups in total. The Morgan fingerprint density at radius 1 is 1.29 bits per heavy atom. The Labute approximate surface area is 139 Å². The molecule has 0 saturated carbocycles. The first-order valence-electron chi connectivity index (χ1n) is 5.53. The zero-order chi connectivity index (χ0) is 16.9. The average molecular weight is 409 g/mol. The van der Waals surface area contributed by atoms with Crippen molar-refractivity contribution in [3.63, 3.8) is 0 Å². The fraction of sp³-hybridized carbons (Fsp3) is 0.889. The van der Waals surface area contributed by atoms with Crippen LogP contribution in [0, 0.1) is 11.3 Å². The molecule has 0 fully saturated rings. The molecule has 0 heterocycles. The highest BCUT2D eigenvalue weighted by Gasteiger charge is 2.71. The lowest BCUT2D eigenvalue weighted by Gasteiger charge is -2.36. The fourth-order valence-corrected chi connectivity index (χ4v) is 5.67. The summed E-state index contributed by atoms with van der Waals surface area (Å²) in [5.41, 5.74) is -3.91. The Hall–Kier alpha value is 0.650. The third-order valence-electron chi connectivity index (χ3n) is 1.95. The van der Waals surface area contributed by atoms with E-state index in [4.69, 9.17) is 44.6 Å². The van der Waals surface area contributed by atoms with E-state index in [0.717, 1.165) is 6.07 Å². The van der Waals surface area contributed by atoms with Crippen LogP contribution in [0.25, 0.3) is 0 Å². The molecule has 0 aromatic heterocycles. The van der Waals surface area contributed by atoms with Crippen LogP contribution in [0.1, 0.15) is 20.3 Å². The first-order valence-corrected chi connectivity index (χ1v) is 9.80. The van der Waals surface area contributed by atoms with Crippen LogP contribution < -0.4 is 0 Å². The summed E-state index contributed by atoms with van der Waals surface area (Å²) in [5, 5.41) is 4.20. The number of alkyl halides is 6. The number of hydrogen-bond donors (Lipinski definition) is 0. The molecule has 21 heavy (non-hydrogen) atoms. The van der Waals surface area contributed by atoms with Gasteiger partial charge in [-0.3, -0.25) is 4.52 Å². The van der Waals surface area contributed by atoms with Crippen LogP contribution in [0.3, 0.4) is 0 Å². The second kappa shape index (κ2) is 7.96. The van der Waals surface area contributed by atoms with Gasteiger partial charge in [0.2, 0.25) is 0 Å². The summed E-state index contributed by atoms with van der Waals surface area (Å²) in [6, 6.07) is 0.777. The van der Waals surface area contributed by atoms with Gasteiger partial charge in [-0.05, 0) is 36.3 Å². The van der Waals surface area contributed by atoms with Gasteiger partial charge >= 0.3 is 22.4 Å². The summed E-state index contributed by atoms with van der Waals surface area (Å²) in [4.78, 5) is 0. The zero-order valence-electron chi connectivity index (χ0n) is 10.9. The number of nitrogens with zero attached hydrogens (tertiary/aromatic N) is 1. The molecule has 0 aliphatic heterocycles. The molecule has 0 aliphatic rings. The summed E-state index contributed by atoms with van der Waals surface area (Å²) in [6.45, 7) is -1.44. The lowest BCUT2D eigenvalue weighted by atomic mass is 10.1. The standard InChI is InChI=1S/C9H12Cl3F3NO3PS/c1-3-5-21-20(17,18-4-2)19-7(6-16,8(10,11)13)9(12,14)15/h3-5H2,1-2H3. The molecule has 2 unspecified atom stereocenters. The highest BCUT2D eigenvalue weighted by molar-refractivity contribution is 8.55. The summed E-state index contributed by atoms with van der Waals surface area (Å²) in [7, 11) is 0. The summed E-state index contributed by atoms with van der Waals surface area (Å²) >= 11 is 15.2. The van der Waals surface area contributed by atoms with Crippen molar-refractivity contribution in [1.29, 1.82) is 5.26 Å². The molecule has 0 radical (unpaired) electrons. The van der Waals surface area contributed by atoms with Gasteiger partial charge < -0.3 is 4.52 Å². The van der Waals surface area contributed by atoms with Gasteiger partial charge in [0, 0.05) is 5.75 Å². The van der Waals surface area contributed by atoms with Crippen LogP contribution in [0.4, 0.5) is 13.2 Å². The van der Waals surface area contributed by atoms with Gasteiger partial charge in [0.1, 0.15) is 6.07 Å². The predicted molar refractivity (Wildman–Crippen MR) is 77.8 cm³/mol. The van der Waals surface area contributed by atoms with E-state index in [0.29, 0.717) is 17.8 Å². The molecule has 0 rings (SSSR count). The van der Waals surface area contributed by atoms with Gasteiger partial charge in [0.15, 0.2) is 0 Å². The Morgan fingerprint density at radius 3 is 2.10 bits per heavy atom. The molecule has 0 aromatic carbocycles. The maximum atomic E-state index is 13.7. The van der Waals surface area contributed by atoms with Crippen LogP contribution in [-0.4, -0.2) is 27.9 Å². The van der Waals surface area contributed by atoms with E-state index in [1.165, 1.54) is 6.92 Å². The Bertz CT molecular complexity index is 425. The van der Waals surface area contributed by atoms with Crippen LogP contribution in [0.2, 0.25) is 0 Å². The third kappa shape index (κ3) is 5.35. The Kier molecular flexibility index (Phi) is 8.21. The Morgan fingerprint density at radius 2 is 1.81 bits per heavy atom. The molecule has 0 spiro atoms. The maximum Gasteiger partial charge on any atom is 0.391 e. The van der Waals surface area contributed by atoms with Crippen molar-refractivity contribution in [2.45, 2.75) is 35.8 Å². The van der Waals surface area contributed by atoms with Crippen molar-refractivity contribution in [3.8, 4) is 6.07 Å². The quantitative estimate of drug-likeness (QED) is 0.373. The average Bonchev–Trinajstić information content (AvgIpc) is 2.31. The van der Waals surface area contributed by atoms with Gasteiger partial charge in [-0.2, -0.15) is 14.0 Å². The summed E-state index contributed by atoms with van der Waals surface area (Å²) < 4.78 is 58.2. The molecule has 2 atom stereocenters. The topological polar surface area (TPSA) is 59.3 Å². The molecule has 0 aliphatic carbocycles. The second-order valence-electron chi connectivity index (χ2n) is 3.58. The van der Waals surface area contributed by atoms with E-state index in [1.54, 1.807) is 6.92 Å². The molecule has 0 saturated heterocycles. The number of halogens is 6. The molecular weight excluding hydrogens is 396 g/mol. The van der Waals surface area contributed by atoms with Gasteiger partial charge in [0.25, 0.3) is 0 Å². The number of rotatable bonds is 9. The van der Waals surface area contributed by atoms with Crippen LogP contribution in [-0.2, 0) is 13.6 Å². The fourth-order valence-electron chi connectivity index (χ4n) is 1.03. The van der Waals surface area contributed by atoms with E-state index in [2.05, 4.69) is 4.52 Å². The largest absolute Gasteiger partial charge is 0.391 e. The van der Waals surface area contributed by atoms with Gasteiger partial charge in [-0.1, -0.05) is 30.1 Å². The number of nitriles is 1. The first-order chi connectivity index (χ1) is 9.39. The minimum absolute atomic E-state index is 0.177. The van der Waals surface area contributed by atoms with Crippen molar-refractivity contribution in [2.24, 2.45) is 0 Å². The van der Waals surface area contributed by atoms with E-state index < -0.39 is 22.4 Å². The van der Waals surface area contributed by atoms with Crippen LogP contribution in [0.15, 0.2) is 0 Å². The normalized spacial score (nSPS) is 18.6. The SMILES string of the molecule is CCCSP(=O)(OCC)OC(C#N)(C(F)(F)Cl)C(F)(Cl)Cl. The summed E-state index contributed by atoms with van der Waals surface area (Å²) in [6.07, 6.45) is 0.491. The van der Waals surface area contributed by atoms with E-state index >= 15 is 0 Å². The van der Waals surface area contributed by atoms with Crippen molar-refractivity contribution in [3.05, 3.63) is 0 Å². The molecule has 0 bridgehead atoms. The number of hydrogen-bond acceptors (Lipinski definition) is 5. The summed E-state index contributed by atoms with van der Waals surface area (Å²) in [5.74, 6) is 0.177. The lowest BCUT2D eigenvalue weighted by Crippen LogP contribution is -2.55. The second-order valence-corrected chi connectivity index (χ2v) is 9.41. The van der Waals surface area contributed by atoms with Gasteiger partial charge in [0.05, 0.1) is 6.61 Å².